The molecule has 1 N–H and O–H groups in total. The summed E-state index contributed by atoms with van der Waals surface area (Å²) < 4.78 is 33.2. The van der Waals surface area contributed by atoms with Crippen molar-refractivity contribution >= 4 is 22.5 Å². The lowest BCUT2D eigenvalue weighted by Crippen LogP contribution is -2.23. The summed E-state index contributed by atoms with van der Waals surface area (Å²) in [5.74, 6) is -0.900. The van der Waals surface area contributed by atoms with Crippen LogP contribution in [0.5, 0.6) is 5.75 Å². The minimum absolute atomic E-state index is 0.263. The van der Waals surface area contributed by atoms with Crippen molar-refractivity contribution in [3.05, 3.63) is 126 Å². The number of anilines is 1. The predicted molar refractivity (Wildman–Crippen MR) is 142 cm³/mol. The number of aromatic nitrogens is 1. The molecule has 0 aliphatic heterocycles. The van der Waals surface area contributed by atoms with Crippen molar-refractivity contribution in [1.82, 2.24) is 4.98 Å². The molecule has 1 aromatic heterocycles. The molecule has 0 aliphatic carbocycles. The molecule has 184 valence electrons. The summed E-state index contributed by atoms with van der Waals surface area (Å²) in [6, 6.07) is 27.4. The number of pyridine rings is 1. The topological polar surface area (TPSA) is 51.2 Å². The Hall–Kier alpha value is -4.58. The quantitative estimate of drug-likeness (QED) is 0.261. The molecule has 0 spiro atoms. The normalized spacial score (nSPS) is 11.8. The van der Waals surface area contributed by atoms with Gasteiger partial charge in [0.15, 0.2) is 0 Å². The van der Waals surface area contributed by atoms with Crippen LogP contribution >= 0.6 is 0 Å². The van der Waals surface area contributed by atoms with E-state index in [9.17, 15) is 13.6 Å². The Kier molecular flexibility index (Phi) is 6.90. The zero-order chi connectivity index (χ0) is 25.8. The van der Waals surface area contributed by atoms with Crippen molar-refractivity contribution in [3.63, 3.8) is 0 Å². The number of rotatable bonds is 7. The fourth-order valence-electron chi connectivity index (χ4n) is 4.51. The summed E-state index contributed by atoms with van der Waals surface area (Å²) in [6.07, 6.45) is 2.08. The van der Waals surface area contributed by atoms with Gasteiger partial charge in [0.2, 0.25) is 5.91 Å². The number of ether oxygens (including phenoxy) is 1. The monoisotopic (exact) mass is 494 g/mol. The summed E-state index contributed by atoms with van der Waals surface area (Å²) in [5.41, 5.74) is 4.48. The van der Waals surface area contributed by atoms with Gasteiger partial charge in [0.1, 0.15) is 17.4 Å². The standard InChI is InChI=1S/C31H24F2N2O2/c1-37-30-8-3-2-5-22(30)17-27(31(36)35-25-7-4-6-23(32)18-25)21-11-9-20(10-12-21)26-15-16-34-29-14-13-24(33)19-28(26)29/h2-16,18-19,27H,17H2,1H3,(H,35,36)/t27-/m1/s1. The van der Waals surface area contributed by atoms with E-state index in [-0.39, 0.29) is 11.7 Å². The maximum atomic E-state index is 14.0. The molecule has 0 fully saturated rings. The number of nitrogens with zero attached hydrogens (tertiary/aromatic N) is 1. The van der Waals surface area contributed by atoms with E-state index in [4.69, 9.17) is 4.74 Å². The van der Waals surface area contributed by atoms with Gasteiger partial charge in [-0.3, -0.25) is 9.78 Å². The van der Waals surface area contributed by atoms with Crippen molar-refractivity contribution < 1.29 is 18.3 Å². The van der Waals surface area contributed by atoms with Crippen LogP contribution in [0.25, 0.3) is 22.0 Å². The predicted octanol–water partition coefficient (Wildman–Crippen LogP) is 7.15. The summed E-state index contributed by atoms with van der Waals surface area (Å²) in [4.78, 5) is 17.8. The minimum Gasteiger partial charge on any atom is -0.496 e. The van der Waals surface area contributed by atoms with Gasteiger partial charge < -0.3 is 10.1 Å². The van der Waals surface area contributed by atoms with Crippen LogP contribution in [0.2, 0.25) is 0 Å². The number of amides is 1. The van der Waals surface area contributed by atoms with Gasteiger partial charge in [0, 0.05) is 17.3 Å². The number of methoxy groups -OCH3 is 1. The molecule has 6 heteroatoms. The third-order valence-electron chi connectivity index (χ3n) is 6.35. The summed E-state index contributed by atoms with van der Waals surface area (Å²) in [6.45, 7) is 0. The number of halogens is 2. The fraction of sp³-hybridized carbons (Fsp3) is 0.0968. The van der Waals surface area contributed by atoms with E-state index in [0.29, 0.717) is 28.8 Å². The smallest absolute Gasteiger partial charge is 0.232 e. The van der Waals surface area contributed by atoms with Crippen LogP contribution in [-0.2, 0) is 11.2 Å². The van der Waals surface area contributed by atoms with Gasteiger partial charge in [-0.25, -0.2) is 8.78 Å². The first kappa shape index (κ1) is 24.1. The highest BCUT2D eigenvalue weighted by atomic mass is 19.1. The van der Waals surface area contributed by atoms with Crippen LogP contribution in [0.4, 0.5) is 14.5 Å². The molecule has 4 nitrogen and oxygen atoms in total. The van der Waals surface area contributed by atoms with Gasteiger partial charge in [0.25, 0.3) is 0 Å². The largest absolute Gasteiger partial charge is 0.496 e. The zero-order valence-corrected chi connectivity index (χ0v) is 20.1. The van der Waals surface area contributed by atoms with Crippen molar-refractivity contribution in [3.8, 4) is 16.9 Å². The first-order valence-electron chi connectivity index (χ1n) is 11.8. The van der Waals surface area contributed by atoms with Crippen molar-refractivity contribution in [1.29, 1.82) is 0 Å². The molecule has 0 aliphatic rings. The molecule has 0 radical (unpaired) electrons. The summed E-state index contributed by atoms with van der Waals surface area (Å²) >= 11 is 0. The highest BCUT2D eigenvalue weighted by molar-refractivity contribution is 5.97. The molecule has 1 heterocycles. The van der Waals surface area contributed by atoms with Crippen LogP contribution in [0, 0.1) is 11.6 Å². The second kappa shape index (κ2) is 10.6. The Bertz CT molecular complexity index is 1570. The Morgan fingerprint density at radius 1 is 0.892 bits per heavy atom. The van der Waals surface area contributed by atoms with E-state index >= 15 is 0 Å². The van der Waals surface area contributed by atoms with Gasteiger partial charge in [-0.2, -0.15) is 0 Å². The molecule has 0 saturated heterocycles. The molecule has 1 atom stereocenters. The molecule has 5 rings (SSSR count). The number of carbonyl (C=O) groups is 1. The number of para-hydroxylation sites is 1. The molecule has 5 aromatic rings. The second-order valence-corrected chi connectivity index (χ2v) is 8.71. The van der Waals surface area contributed by atoms with Gasteiger partial charge >= 0.3 is 0 Å². The van der Waals surface area contributed by atoms with Gasteiger partial charge in [-0.1, -0.05) is 48.5 Å². The van der Waals surface area contributed by atoms with E-state index in [2.05, 4.69) is 10.3 Å². The number of benzene rings is 4. The lowest BCUT2D eigenvalue weighted by Gasteiger charge is -2.19. The number of hydrogen-bond acceptors (Lipinski definition) is 3. The van der Waals surface area contributed by atoms with E-state index in [1.807, 2.05) is 54.6 Å². The molecule has 0 unspecified atom stereocenters. The maximum Gasteiger partial charge on any atom is 0.232 e. The van der Waals surface area contributed by atoms with Crippen LogP contribution in [0.3, 0.4) is 0 Å². The van der Waals surface area contributed by atoms with Crippen molar-refractivity contribution in [2.24, 2.45) is 0 Å². The Balaban J connectivity index is 1.51. The molecule has 0 saturated carbocycles. The lowest BCUT2D eigenvalue weighted by molar-refractivity contribution is -0.117. The van der Waals surface area contributed by atoms with Crippen molar-refractivity contribution in [2.75, 3.05) is 12.4 Å². The Morgan fingerprint density at radius 3 is 2.46 bits per heavy atom. The molecular weight excluding hydrogens is 470 g/mol. The first-order chi connectivity index (χ1) is 18.0. The average molecular weight is 495 g/mol. The number of carbonyl (C=O) groups excluding carboxylic acids is 1. The lowest BCUT2D eigenvalue weighted by atomic mass is 9.89. The molecule has 4 aromatic carbocycles. The van der Waals surface area contributed by atoms with Gasteiger partial charge in [-0.15, -0.1) is 0 Å². The van der Waals surface area contributed by atoms with Crippen LogP contribution in [0.15, 0.2) is 103 Å². The number of hydrogen-bond donors (Lipinski definition) is 1. The minimum atomic E-state index is -0.569. The van der Waals surface area contributed by atoms with Crippen molar-refractivity contribution in [2.45, 2.75) is 12.3 Å². The van der Waals surface area contributed by atoms with Crippen LogP contribution in [-0.4, -0.2) is 18.0 Å². The molecule has 1 amide bonds. The number of nitrogens with one attached hydrogen (secondary N) is 1. The molecule has 0 bridgehead atoms. The second-order valence-electron chi connectivity index (χ2n) is 8.71. The van der Waals surface area contributed by atoms with Crippen LogP contribution in [0.1, 0.15) is 17.0 Å². The average Bonchev–Trinajstić information content (AvgIpc) is 2.91. The van der Waals surface area contributed by atoms with Crippen LogP contribution < -0.4 is 10.1 Å². The number of fused-ring (bicyclic) bond motifs is 1. The SMILES string of the molecule is COc1ccccc1C[C@@H](C(=O)Nc1cccc(F)c1)c1ccc(-c2ccnc3ccc(F)cc23)cc1. The highest BCUT2D eigenvalue weighted by Gasteiger charge is 2.23. The Morgan fingerprint density at radius 2 is 1.68 bits per heavy atom. The van der Waals surface area contributed by atoms with Gasteiger partial charge in [0.05, 0.1) is 18.5 Å². The summed E-state index contributed by atoms with van der Waals surface area (Å²) in [5, 5.41) is 3.56. The summed E-state index contributed by atoms with van der Waals surface area (Å²) in [7, 11) is 1.59. The van der Waals surface area contributed by atoms with E-state index in [1.165, 1.54) is 24.3 Å². The maximum absolute atomic E-state index is 14.0. The fourth-order valence-corrected chi connectivity index (χ4v) is 4.51. The highest BCUT2D eigenvalue weighted by Crippen LogP contribution is 2.32. The van der Waals surface area contributed by atoms with Gasteiger partial charge in [-0.05, 0) is 77.2 Å². The Labute approximate surface area is 213 Å². The third kappa shape index (κ3) is 5.33. The van der Waals surface area contributed by atoms with E-state index in [1.54, 1.807) is 31.5 Å². The first-order valence-corrected chi connectivity index (χ1v) is 11.8. The molecule has 37 heavy (non-hydrogen) atoms. The van der Waals surface area contributed by atoms with E-state index < -0.39 is 11.7 Å². The molecular formula is C31H24F2N2O2. The zero-order valence-electron chi connectivity index (χ0n) is 20.1. The van der Waals surface area contributed by atoms with E-state index in [0.717, 1.165) is 22.3 Å². The third-order valence-corrected chi connectivity index (χ3v) is 6.35.